The Bertz CT molecular complexity index is 508. The molecule has 1 aliphatic rings. The predicted octanol–water partition coefficient (Wildman–Crippen LogP) is 2.70. The maximum atomic E-state index is 11.0. The highest BCUT2D eigenvalue weighted by Gasteiger charge is 2.20. The molecule has 2 aromatic rings. The topological polar surface area (TPSA) is 48.6 Å². The number of fused-ring (bicyclic) bond motifs is 1. The van der Waals surface area contributed by atoms with Crippen LogP contribution in [0.3, 0.4) is 0 Å². The van der Waals surface area contributed by atoms with Crippen LogP contribution in [0.2, 0.25) is 0 Å². The second kappa shape index (κ2) is 3.67. The molecule has 0 amide bonds. The minimum absolute atomic E-state index is 0.763. The zero-order valence-electron chi connectivity index (χ0n) is 9.05. The first kappa shape index (κ1) is 9.46. The van der Waals surface area contributed by atoms with E-state index in [1.54, 1.807) is 0 Å². The number of carbonyl (C=O) groups is 1. The molecule has 0 aromatic carbocycles. The van der Waals surface area contributed by atoms with Crippen molar-refractivity contribution in [3.8, 4) is 11.4 Å². The van der Waals surface area contributed by atoms with Crippen LogP contribution in [0.15, 0.2) is 18.3 Å². The van der Waals surface area contributed by atoms with Gasteiger partial charge in [0, 0.05) is 6.20 Å². The van der Waals surface area contributed by atoms with E-state index in [1.165, 1.54) is 24.0 Å². The molecule has 3 nitrogen and oxygen atoms in total. The molecule has 0 atom stereocenters. The molecule has 0 saturated carbocycles. The van der Waals surface area contributed by atoms with E-state index in [0.29, 0.717) is 0 Å². The van der Waals surface area contributed by atoms with Crippen LogP contribution in [0.5, 0.6) is 0 Å². The van der Waals surface area contributed by atoms with E-state index < -0.39 is 0 Å². The molecule has 0 aliphatic heterocycles. The molecular weight excluding hydrogens is 200 g/mol. The number of carbonyl (C=O) groups excluding carboxylic acids is 1. The number of hydrogen-bond donors (Lipinski definition) is 2. The molecule has 0 spiro atoms. The Hall–Kier alpha value is -1.77. The molecular formula is C13H14N2O. The average Bonchev–Trinajstić information content (AvgIpc) is 2.95. The quantitative estimate of drug-likeness (QED) is 0.742. The van der Waals surface area contributed by atoms with Crippen molar-refractivity contribution < 1.29 is 4.79 Å². The molecule has 1 aliphatic carbocycles. The summed E-state index contributed by atoms with van der Waals surface area (Å²) in [5, 5.41) is 0. The second-order valence-electron chi connectivity index (χ2n) is 4.28. The fourth-order valence-electron chi connectivity index (χ4n) is 2.58. The van der Waals surface area contributed by atoms with Crippen molar-refractivity contribution in [2.24, 2.45) is 0 Å². The average molecular weight is 214 g/mol. The van der Waals surface area contributed by atoms with Crippen LogP contribution < -0.4 is 0 Å². The Morgan fingerprint density at radius 1 is 1.19 bits per heavy atom. The molecule has 3 heteroatoms. The van der Waals surface area contributed by atoms with Gasteiger partial charge in [0.25, 0.3) is 0 Å². The summed E-state index contributed by atoms with van der Waals surface area (Å²) in [6, 6.07) is 4.02. The van der Waals surface area contributed by atoms with Gasteiger partial charge < -0.3 is 9.97 Å². The number of H-pyrrole nitrogens is 2. The Kier molecular flexibility index (Phi) is 2.17. The molecule has 82 valence electrons. The van der Waals surface area contributed by atoms with Crippen molar-refractivity contribution in [2.75, 3.05) is 0 Å². The lowest BCUT2D eigenvalue weighted by Gasteiger charge is -2.12. The highest BCUT2D eigenvalue weighted by molar-refractivity contribution is 5.80. The summed E-state index contributed by atoms with van der Waals surface area (Å²) in [7, 11) is 0. The van der Waals surface area contributed by atoms with Gasteiger partial charge in [-0.25, -0.2) is 0 Å². The third-order valence-corrected chi connectivity index (χ3v) is 3.34. The highest BCUT2D eigenvalue weighted by atomic mass is 16.1. The summed E-state index contributed by atoms with van der Waals surface area (Å²) in [5.41, 5.74) is 5.49. The smallest absolute Gasteiger partial charge is 0.166 e. The fraction of sp³-hybridized carbons (Fsp3) is 0.308. The standard InChI is InChI=1S/C13H14N2O/c16-8-12-9-4-1-2-5-10(9)13(15-12)11-6-3-7-14-11/h3,6-8,14-15H,1-2,4-5H2. The number of nitrogens with one attached hydrogen (secondary N) is 2. The number of aldehydes is 1. The van der Waals surface area contributed by atoms with Gasteiger partial charge in [0.05, 0.1) is 17.1 Å². The van der Waals surface area contributed by atoms with E-state index >= 15 is 0 Å². The summed E-state index contributed by atoms with van der Waals surface area (Å²) in [6.07, 6.45) is 7.37. The highest BCUT2D eigenvalue weighted by Crippen LogP contribution is 2.32. The van der Waals surface area contributed by atoms with Crippen molar-refractivity contribution in [3.05, 3.63) is 35.2 Å². The first-order chi connectivity index (χ1) is 7.90. The lowest BCUT2D eigenvalue weighted by Crippen LogP contribution is -2.02. The van der Waals surface area contributed by atoms with Crippen LogP contribution >= 0.6 is 0 Å². The molecule has 0 saturated heterocycles. The number of rotatable bonds is 2. The van der Waals surface area contributed by atoms with E-state index in [-0.39, 0.29) is 0 Å². The van der Waals surface area contributed by atoms with E-state index in [4.69, 9.17) is 0 Å². The molecule has 2 heterocycles. The summed E-state index contributed by atoms with van der Waals surface area (Å²) < 4.78 is 0. The normalized spacial score (nSPS) is 14.8. The van der Waals surface area contributed by atoms with Gasteiger partial charge in [0.2, 0.25) is 0 Å². The fourth-order valence-corrected chi connectivity index (χ4v) is 2.58. The van der Waals surface area contributed by atoms with Gasteiger partial charge in [-0.05, 0) is 48.9 Å². The van der Waals surface area contributed by atoms with E-state index in [1.807, 2.05) is 18.3 Å². The SMILES string of the molecule is O=Cc1[nH]c(-c2ccc[nH]2)c2c1CCCC2. The Morgan fingerprint density at radius 3 is 2.69 bits per heavy atom. The molecule has 2 aromatic heterocycles. The Balaban J connectivity index is 2.18. The van der Waals surface area contributed by atoms with E-state index in [9.17, 15) is 4.79 Å². The summed E-state index contributed by atoms with van der Waals surface area (Å²) in [6.45, 7) is 0. The Labute approximate surface area is 93.9 Å². The third-order valence-electron chi connectivity index (χ3n) is 3.34. The molecule has 2 N–H and O–H groups in total. The Morgan fingerprint density at radius 2 is 2.00 bits per heavy atom. The van der Waals surface area contributed by atoms with Crippen LogP contribution in [0, 0.1) is 0 Å². The van der Waals surface area contributed by atoms with Crippen LogP contribution in [-0.2, 0) is 12.8 Å². The molecule has 0 fully saturated rings. The third kappa shape index (κ3) is 1.32. The molecule has 16 heavy (non-hydrogen) atoms. The summed E-state index contributed by atoms with van der Waals surface area (Å²) >= 11 is 0. The van der Waals surface area contributed by atoms with Crippen LogP contribution in [0.4, 0.5) is 0 Å². The van der Waals surface area contributed by atoms with Crippen molar-refractivity contribution in [1.82, 2.24) is 9.97 Å². The van der Waals surface area contributed by atoms with Gasteiger partial charge in [-0.2, -0.15) is 0 Å². The van der Waals surface area contributed by atoms with Crippen molar-refractivity contribution >= 4 is 6.29 Å². The van der Waals surface area contributed by atoms with Crippen LogP contribution in [0.1, 0.15) is 34.5 Å². The van der Waals surface area contributed by atoms with E-state index in [2.05, 4.69) is 9.97 Å². The minimum atomic E-state index is 0.763. The zero-order chi connectivity index (χ0) is 11.0. The van der Waals surface area contributed by atoms with Crippen LogP contribution in [0.25, 0.3) is 11.4 Å². The van der Waals surface area contributed by atoms with Gasteiger partial charge in [-0.1, -0.05) is 0 Å². The van der Waals surface area contributed by atoms with Gasteiger partial charge in [-0.15, -0.1) is 0 Å². The van der Waals surface area contributed by atoms with Gasteiger partial charge in [-0.3, -0.25) is 4.79 Å². The minimum Gasteiger partial charge on any atom is -0.360 e. The maximum Gasteiger partial charge on any atom is 0.166 e. The molecule has 0 bridgehead atoms. The van der Waals surface area contributed by atoms with Crippen molar-refractivity contribution in [1.29, 1.82) is 0 Å². The summed E-state index contributed by atoms with van der Waals surface area (Å²) in [4.78, 5) is 17.5. The number of hydrogen-bond acceptors (Lipinski definition) is 1. The van der Waals surface area contributed by atoms with Crippen molar-refractivity contribution in [3.63, 3.8) is 0 Å². The number of aromatic nitrogens is 2. The van der Waals surface area contributed by atoms with Gasteiger partial charge in [0.1, 0.15) is 0 Å². The molecule has 0 unspecified atom stereocenters. The summed E-state index contributed by atoms with van der Waals surface area (Å²) in [5.74, 6) is 0. The van der Waals surface area contributed by atoms with E-state index in [0.717, 1.165) is 36.2 Å². The second-order valence-corrected chi connectivity index (χ2v) is 4.28. The van der Waals surface area contributed by atoms with Crippen molar-refractivity contribution in [2.45, 2.75) is 25.7 Å². The largest absolute Gasteiger partial charge is 0.360 e. The molecule has 3 rings (SSSR count). The predicted molar refractivity (Wildman–Crippen MR) is 62.6 cm³/mol. The lowest BCUT2D eigenvalue weighted by atomic mass is 9.91. The maximum absolute atomic E-state index is 11.0. The monoisotopic (exact) mass is 214 g/mol. The lowest BCUT2D eigenvalue weighted by molar-refractivity contribution is 0.111. The molecule has 0 radical (unpaired) electrons. The van der Waals surface area contributed by atoms with Gasteiger partial charge >= 0.3 is 0 Å². The first-order valence-corrected chi connectivity index (χ1v) is 5.73. The zero-order valence-corrected chi connectivity index (χ0v) is 9.05. The van der Waals surface area contributed by atoms with Gasteiger partial charge in [0.15, 0.2) is 6.29 Å². The number of aromatic amines is 2. The first-order valence-electron chi connectivity index (χ1n) is 5.73. The van der Waals surface area contributed by atoms with Crippen LogP contribution in [-0.4, -0.2) is 16.3 Å².